The molecule has 1 aliphatic rings. The van der Waals surface area contributed by atoms with Gasteiger partial charge in [0, 0.05) is 35.8 Å². The van der Waals surface area contributed by atoms with Gasteiger partial charge in [-0.25, -0.2) is 8.42 Å². The second kappa shape index (κ2) is 8.72. The Morgan fingerprint density at radius 1 is 1.13 bits per heavy atom. The van der Waals surface area contributed by atoms with Gasteiger partial charge in [-0.2, -0.15) is 4.31 Å². The lowest BCUT2D eigenvalue weighted by Gasteiger charge is -2.26. The van der Waals surface area contributed by atoms with Crippen molar-refractivity contribution in [3.8, 4) is 5.75 Å². The summed E-state index contributed by atoms with van der Waals surface area (Å²) in [6, 6.07) is 10.4. The third-order valence-corrected chi connectivity index (χ3v) is 7.66. The van der Waals surface area contributed by atoms with E-state index in [0.29, 0.717) is 35.7 Å². The average Bonchev–Trinajstić information content (AvgIpc) is 3.17. The van der Waals surface area contributed by atoms with Crippen LogP contribution in [-0.2, 0) is 21.2 Å². The highest BCUT2D eigenvalue weighted by atomic mass is 32.2. The van der Waals surface area contributed by atoms with Crippen molar-refractivity contribution in [2.24, 2.45) is 0 Å². The smallest absolute Gasteiger partial charge is 0.243 e. The number of carbonyl (C=O) groups is 1. The van der Waals surface area contributed by atoms with Crippen LogP contribution in [0.1, 0.15) is 30.4 Å². The van der Waals surface area contributed by atoms with Crippen LogP contribution in [0, 0.1) is 6.92 Å². The Morgan fingerprint density at radius 3 is 2.65 bits per heavy atom. The Labute approximate surface area is 182 Å². The molecule has 8 heteroatoms. The van der Waals surface area contributed by atoms with Crippen LogP contribution >= 0.6 is 0 Å². The molecule has 1 amide bonds. The molecular formula is C23H26N2O5S. The highest BCUT2D eigenvalue weighted by Gasteiger charge is 2.27. The number of ether oxygens (including phenoxy) is 1. The van der Waals surface area contributed by atoms with E-state index in [2.05, 4.69) is 5.32 Å². The first-order valence-electron chi connectivity index (χ1n) is 10.3. The minimum Gasteiger partial charge on any atom is -0.497 e. The van der Waals surface area contributed by atoms with E-state index in [1.165, 1.54) is 4.31 Å². The van der Waals surface area contributed by atoms with Crippen molar-refractivity contribution in [2.75, 3.05) is 25.5 Å². The van der Waals surface area contributed by atoms with Gasteiger partial charge in [-0.05, 0) is 49.6 Å². The number of sulfonamides is 1. The van der Waals surface area contributed by atoms with Gasteiger partial charge >= 0.3 is 0 Å². The van der Waals surface area contributed by atoms with Crippen molar-refractivity contribution in [3.05, 3.63) is 53.8 Å². The number of carbonyl (C=O) groups excluding carboxylic acids is 1. The molecule has 2 aromatic carbocycles. The van der Waals surface area contributed by atoms with Gasteiger partial charge in [-0.3, -0.25) is 4.79 Å². The Bertz CT molecular complexity index is 1210. The number of benzene rings is 2. The lowest BCUT2D eigenvalue weighted by molar-refractivity contribution is -0.115. The molecule has 0 radical (unpaired) electrons. The summed E-state index contributed by atoms with van der Waals surface area (Å²) in [4.78, 5) is 12.9. The number of nitrogens with one attached hydrogen (secondary N) is 1. The Morgan fingerprint density at radius 2 is 1.90 bits per heavy atom. The van der Waals surface area contributed by atoms with Crippen LogP contribution in [0.4, 0.5) is 5.69 Å². The topological polar surface area (TPSA) is 88.8 Å². The second-order valence-electron chi connectivity index (χ2n) is 7.79. The molecule has 0 atom stereocenters. The van der Waals surface area contributed by atoms with E-state index in [9.17, 15) is 13.2 Å². The monoisotopic (exact) mass is 442 g/mol. The maximum Gasteiger partial charge on any atom is 0.243 e. The molecule has 0 bridgehead atoms. The molecule has 2 heterocycles. The van der Waals surface area contributed by atoms with E-state index in [-0.39, 0.29) is 17.2 Å². The number of furan rings is 1. The van der Waals surface area contributed by atoms with Crippen molar-refractivity contribution in [1.29, 1.82) is 0 Å². The number of amides is 1. The summed E-state index contributed by atoms with van der Waals surface area (Å²) in [5, 5.41) is 3.66. The summed E-state index contributed by atoms with van der Waals surface area (Å²) < 4.78 is 38.5. The van der Waals surface area contributed by atoms with Crippen molar-refractivity contribution in [2.45, 2.75) is 37.5 Å². The van der Waals surface area contributed by atoms with E-state index < -0.39 is 10.0 Å². The lowest BCUT2D eigenvalue weighted by atomic mass is 10.1. The highest BCUT2D eigenvalue weighted by molar-refractivity contribution is 7.89. The molecule has 3 aromatic rings. The average molecular weight is 443 g/mol. The first-order valence-corrected chi connectivity index (χ1v) is 11.8. The second-order valence-corrected chi connectivity index (χ2v) is 9.70. The fourth-order valence-corrected chi connectivity index (χ4v) is 5.67. The zero-order valence-corrected chi connectivity index (χ0v) is 18.5. The predicted molar refractivity (Wildman–Crippen MR) is 119 cm³/mol. The third-order valence-electron chi connectivity index (χ3n) is 5.62. The summed E-state index contributed by atoms with van der Waals surface area (Å²) in [6.45, 7) is 2.85. The molecule has 0 unspecified atom stereocenters. The summed E-state index contributed by atoms with van der Waals surface area (Å²) in [5.74, 6) is 0.434. The molecule has 1 fully saturated rings. The number of methoxy groups -OCH3 is 1. The molecule has 0 spiro atoms. The summed E-state index contributed by atoms with van der Waals surface area (Å²) in [6.07, 6.45) is 4.47. The maximum atomic E-state index is 13.1. The fourth-order valence-electron chi connectivity index (χ4n) is 3.91. The van der Waals surface area contributed by atoms with Crippen LogP contribution in [0.5, 0.6) is 5.75 Å². The van der Waals surface area contributed by atoms with E-state index >= 15 is 0 Å². The SMILES string of the molecule is COc1ccc2c(CC(=O)Nc3ccc(C)c(S(=O)(=O)N4CCCCC4)c3)coc2c1. The largest absolute Gasteiger partial charge is 0.497 e. The standard InChI is InChI=1S/C23H26N2O5S/c1-16-6-7-18(13-22(16)31(27,28)25-10-4-3-5-11-25)24-23(26)12-17-15-30-21-14-19(29-2)8-9-20(17)21/h6-9,13-15H,3-5,10-12H2,1-2H3,(H,24,26). The van der Waals surface area contributed by atoms with Crippen LogP contribution in [0.3, 0.4) is 0 Å². The number of anilines is 1. The molecule has 31 heavy (non-hydrogen) atoms. The number of rotatable bonds is 6. The minimum atomic E-state index is -3.58. The van der Waals surface area contributed by atoms with Crippen molar-refractivity contribution in [1.82, 2.24) is 4.31 Å². The van der Waals surface area contributed by atoms with Gasteiger partial charge in [0.25, 0.3) is 0 Å². The molecule has 4 rings (SSSR count). The number of fused-ring (bicyclic) bond motifs is 1. The molecule has 1 saturated heterocycles. The minimum absolute atomic E-state index is 0.113. The van der Waals surface area contributed by atoms with Gasteiger partial charge < -0.3 is 14.5 Å². The van der Waals surface area contributed by atoms with Gasteiger partial charge in [0.15, 0.2) is 0 Å². The number of nitrogens with zero attached hydrogens (tertiary/aromatic N) is 1. The highest BCUT2D eigenvalue weighted by Crippen LogP contribution is 2.28. The quantitative estimate of drug-likeness (QED) is 0.621. The van der Waals surface area contributed by atoms with Crippen LogP contribution in [-0.4, -0.2) is 38.8 Å². The Hall–Kier alpha value is -2.84. The molecule has 1 aliphatic heterocycles. The molecule has 0 aliphatic carbocycles. The van der Waals surface area contributed by atoms with Gasteiger partial charge in [0.05, 0.1) is 24.7 Å². The summed E-state index contributed by atoms with van der Waals surface area (Å²) in [7, 11) is -2.00. The first-order chi connectivity index (χ1) is 14.9. The third kappa shape index (κ3) is 4.45. The first kappa shape index (κ1) is 21.4. The zero-order chi connectivity index (χ0) is 22.0. The van der Waals surface area contributed by atoms with E-state index in [0.717, 1.165) is 30.2 Å². The van der Waals surface area contributed by atoms with E-state index in [4.69, 9.17) is 9.15 Å². The molecule has 7 nitrogen and oxygen atoms in total. The Balaban J connectivity index is 1.52. The van der Waals surface area contributed by atoms with Gasteiger partial charge in [0.2, 0.25) is 15.9 Å². The maximum absolute atomic E-state index is 13.1. The van der Waals surface area contributed by atoms with Crippen molar-refractivity contribution in [3.63, 3.8) is 0 Å². The van der Waals surface area contributed by atoms with Crippen molar-refractivity contribution >= 4 is 32.6 Å². The molecule has 164 valence electrons. The Kier molecular flexibility index (Phi) is 6.02. The number of hydrogen-bond donors (Lipinski definition) is 1. The normalized spacial score (nSPS) is 15.2. The number of piperidine rings is 1. The van der Waals surface area contributed by atoms with Gasteiger partial charge in [-0.1, -0.05) is 12.5 Å². The summed E-state index contributed by atoms with van der Waals surface area (Å²) in [5.41, 5.74) is 2.52. The lowest BCUT2D eigenvalue weighted by Crippen LogP contribution is -2.36. The number of aryl methyl sites for hydroxylation is 1. The van der Waals surface area contributed by atoms with Crippen LogP contribution < -0.4 is 10.1 Å². The van der Waals surface area contributed by atoms with Crippen LogP contribution in [0.25, 0.3) is 11.0 Å². The molecule has 1 aromatic heterocycles. The molecular weight excluding hydrogens is 416 g/mol. The number of hydrogen-bond acceptors (Lipinski definition) is 5. The van der Waals surface area contributed by atoms with Gasteiger partial charge in [0.1, 0.15) is 11.3 Å². The van der Waals surface area contributed by atoms with Crippen molar-refractivity contribution < 1.29 is 22.4 Å². The van der Waals surface area contributed by atoms with Crippen LogP contribution in [0.2, 0.25) is 0 Å². The van der Waals surface area contributed by atoms with Crippen LogP contribution in [0.15, 0.2) is 52.0 Å². The molecule has 0 saturated carbocycles. The van der Waals surface area contributed by atoms with E-state index in [1.54, 1.807) is 44.6 Å². The predicted octanol–water partition coefficient (Wildman–Crippen LogP) is 4.11. The van der Waals surface area contributed by atoms with Gasteiger partial charge in [-0.15, -0.1) is 0 Å². The summed E-state index contributed by atoms with van der Waals surface area (Å²) >= 11 is 0. The zero-order valence-electron chi connectivity index (χ0n) is 17.7. The molecule has 1 N–H and O–H groups in total. The van der Waals surface area contributed by atoms with E-state index in [1.807, 2.05) is 12.1 Å². The fraction of sp³-hybridized carbons (Fsp3) is 0.348.